The van der Waals surface area contributed by atoms with E-state index in [-0.39, 0.29) is 12.5 Å². The average Bonchev–Trinajstić information content (AvgIpc) is 2.77. The van der Waals surface area contributed by atoms with E-state index in [0.29, 0.717) is 30.0 Å². The summed E-state index contributed by atoms with van der Waals surface area (Å²) in [4.78, 5) is 32.8. The molecule has 1 aromatic heterocycles. The van der Waals surface area contributed by atoms with Crippen LogP contribution in [0.1, 0.15) is 28.3 Å². The zero-order valence-electron chi connectivity index (χ0n) is 10.4. The molecule has 1 aliphatic rings. The maximum Gasteiger partial charge on any atom is 0.308 e. The summed E-state index contributed by atoms with van der Waals surface area (Å²) in [6, 6.07) is 0. The Morgan fingerprint density at radius 3 is 2.72 bits per heavy atom. The van der Waals surface area contributed by atoms with Gasteiger partial charge in [-0.1, -0.05) is 0 Å². The number of nitrogens with zero attached hydrogens (tertiary/aromatic N) is 3. The van der Waals surface area contributed by atoms with Crippen molar-refractivity contribution in [3.05, 3.63) is 23.3 Å². The Bertz CT molecular complexity index is 501. The van der Waals surface area contributed by atoms with Gasteiger partial charge in [0.1, 0.15) is 5.82 Å². The molecule has 6 nitrogen and oxygen atoms in total. The zero-order valence-corrected chi connectivity index (χ0v) is 10.4. The van der Waals surface area contributed by atoms with E-state index in [1.807, 2.05) is 0 Å². The number of aryl methyl sites for hydroxylation is 2. The third-order valence-corrected chi connectivity index (χ3v) is 3.15. The van der Waals surface area contributed by atoms with Gasteiger partial charge in [0.15, 0.2) is 0 Å². The first-order valence-corrected chi connectivity index (χ1v) is 5.81. The number of carbonyl (C=O) groups excluding carboxylic acids is 1. The van der Waals surface area contributed by atoms with Gasteiger partial charge in [0, 0.05) is 19.3 Å². The normalized spacial score (nSPS) is 19.0. The summed E-state index contributed by atoms with van der Waals surface area (Å²) in [5, 5.41) is 8.91. The van der Waals surface area contributed by atoms with Gasteiger partial charge in [-0.05, 0) is 20.3 Å². The first-order chi connectivity index (χ1) is 8.49. The molecule has 2 heterocycles. The first-order valence-electron chi connectivity index (χ1n) is 5.81. The molecule has 1 amide bonds. The summed E-state index contributed by atoms with van der Waals surface area (Å²) in [5.74, 6) is -0.868. The number of carboxylic acid groups (broad SMARTS) is 1. The van der Waals surface area contributed by atoms with E-state index in [4.69, 9.17) is 5.11 Å². The number of aliphatic carboxylic acids is 1. The van der Waals surface area contributed by atoms with Crippen molar-refractivity contribution in [2.45, 2.75) is 20.3 Å². The lowest BCUT2D eigenvalue weighted by molar-refractivity contribution is -0.141. The Labute approximate surface area is 105 Å². The molecule has 18 heavy (non-hydrogen) atoms. The molecule has 1 unspecified atom stereocenters. The molecule has 96 valence electrons. The van der Waals surface area contributed by atoms with Gasteiger partial charge in [-0.3, -0.25) is 9.59 Å². The first kappa shape index (κ1) is 12.5. The van der Waals surface area contributed by atoms with Crippen LogP contribution in [-0.2, 0) is 4.79 Å². The standard InChI is InChI=1S/C12H15N3O3/c1-7-10(5-13-8(2)14-7)11(16)15-4-3-9(6-15)12(17)18/h5,9H,3-4,6H2,1-2H3,(H,17,18). The molecule has 1 fully saturated rings. The van der Waals surface area contributed by atoms with E-state index < -0.39 is 11.9 Å². The Morgan fingerprint density at radius 1 is 1.44 bits per heavy atom. The number of hydrogen-bond donors (Lipinski definition) is 1. The van der Waals surface area contributed by atoms with Crippen molar-refractivity contribution in [3.63, 3.8) is 0 Å². The fourth-order valence-electron chi connectivity index (χ4n) is 2.11. The lowest BCUT2D eigenvalue weighted by Gasteiger charge is -2.16. The second-order valence-electron chi connectivity index (χ2n) is 4.49. The molecule has 0 saturated carbocycles. The van der Waals surface area contributed by atoms with Crippen molar-refractivity contribution in [3.8, 4) is 0 Å². The summed E-state index contributed by atoms with van der Waals surface area (Å²) < 4.78 is 0. The van der Waals surface area contributed by atoms with Crippen LogP contribution in [0.2, 0.25) is 0 Å². The molecule has 1 atom stereocenters. The third-order valence-electron chi connectivity index (χ3n) is 3.15. The lowest BCUT2D eigenvalue weighted by Crippen LogP contribution is -2.30. The predicted molar refractivity (Wildman–Crippen MR) is 63.2 cm³/mol. The number of carbonyl (C=O) groups is 2. The van der Waals surface area contributed by atoms with Crippen LogP contribution in [0.15, 0.2) is 6.20 Å². The minimum atomic E-state index is -0.845. The van der Waals surface area contributed by atoms with Crippen molar-refractivity contribution in [1.82, 2.24) is 14.9 Å². The summed E-state index contributed by atoms with van der Waals surface area (Å²) in [6.45, 7) is 4.26. The lowest BCUT2D eigenvalue weighted by atomic mass is 10.1. The monoisotopic (exact) mass is 249 g/mol. The summed E-state index contributed by atoms with van der Waals surface area (Å²) in [5.41, 5.74) is 1.08. The van der Waals surface area contributed by atoms with Crippen LogP contribution in [0.25, 0.3) is 0 Å². The fraction of sp³-hybridized carbons (Fsp3) is 0.500. The second-order valence-corrected chi connectivity index (χ2v) is 4.49. The molecule has 0 bridgehead atoms. The molecule has 2 rings (SSSR count). The molecule has 6 heteroatoms. The highest BCUT2D eigenvalue weighted by molar-refractivity contribution is 5.95. The van der Waals surface area contributed by atoms with Gasteiger partial charge in [-0.2, -0.15) is 0 Å². The Balaban J connectivity index is 2.15. The zero-order chi connectivity index (χ0) is 13.3. The molecule has 1 saturated heterocycles. The molecule has 1 N–H and O–H groups in total. The van der Waals surface area contributed by atoms with E-state index >= 15 is 0 Å². The highest BCUT2D eigenvalue weighted by Gasteiger charge is 2.31. The van der Waals surface area contributed by atoms with Crippen molar-refractivity contribution in [1.29, 1.82) is 0 Å². The molecule has 0 aromatic carbocycles. The van der Waals surface area contributed by atoms with Gasteiger partial charge in [-0.15, -0.1) is 0 Å². The SMILES string of the molecule is Cc1ncc(C(=O)N2CCC(C(=O)O)C2)c(C)n1. The van der Waals surface area contributed by atoms with Crippen molar-refractivity contribution < 1.29 is 14.7 Å². The number of rotatable bonds is 2. The van der Waals surface area contributed by atoms with E-state index in [0.717, 1.165) is 0 Å². The fourth-order valence-corrected chi connectivity index (χ4v) is 2.11. The highest BCUT2D eigenvalue weighted by atomic mass is 16.4. The molecule has 0 aliphatic carbocycles. The van der Waals surface area contributed by atoms with Crippen LogP contribution in [0.5, 0.6) is 0 Å². The number of carboxylic acids is 1. The number of likely N-dealkylation sites (tertiary alicyclic amines) is 1. The van der Waals surface area contributed by atoms with Gasteiger partial charge in [-0.25, -0.2) is 9.97 Å². The molecule has 1 aliphatic heterocycles. The number of hydrogen-bond acceptors (Lipinski definition) is 4. The maximum absolute atomic E-state index is 12.2. The summed E-state index contributed by atoms with van der Waals surface area (Å²) >= 11 is 0. The van der Waals surface area contributed by atoms with Gasteiger partial charge in [0.2, 0.25) is 0 Å². The summed E-state index contributed by atoms with van der Waals surface area (Å²) in [6.07, 6.45) is 2.01. The molecule has 1 aromatic rings. The van der Waals surface area contributed by atoms with Gasteiger partial charge >= 0.3 is 5.97 Å². The maximum atomic E-state index is 12.2. The van der Waals surface area contributed by atoms with Crippen molar-refractivity contribution >= 4 is 11.9 Å². The largest absolute Gasteiger partial charge is 0.481 e. The van der Waals surface area contributed by atoms with Crippen LogP contribution in [0, 0.1) is 19.8 Å². The Morgan fingerprint density at radius 2 is 2.17 bits per heavy atom. The van der Waals surface area contributed by atoms with Crippen LogP contribution in [0.4, 0.5) is 0 Å². The van der Waals surface area contributed by atoms with Gasteiger partial charge in [0.05, 0.1) is 17.2 Å². The number of amides is 1. The smallest absolute Gasteiger partial charge is 0.308 e. The van der Waals surface area contributed by atoms with Crippen LogP contribution < -0.4 is 0 Å². The van der Waals surface area contributed by atoms with E-state index in [2.05, 4.69) is 9.97 Å². The van der Waals surface area contributed by atoms with Gasteiger partial charge in [0.25, 0.3) is 5.91 Å². The molecular weight excluding hydrogens is 234 g/mol. The van der Waals surface area contributed by atoms with Gasteiger partial charge < -0.3 is 10.0 Å². The van der Waals surface area contributed by atoms with Crippen LogP contribution in [-0.4, -0.2) is 44.9 Å². The minimum absolute atomic E-state index is 0.184. The average molecular weight is 249 g/mol. The third kappa shape index (κ3) is 2.32. The molecule has 0 spiro atoms. The Hall–Kier alpha value is -1.98. The highest BCUT2D eigenvalue weighted by Crippen LogP contribution is 2.19. The predicted octanol–water partition coefficient (Wildman–Crippen LogP) is 0.640. The van der Waals surface area contributed by atoms with Crippen molar-refractivity contribution in [2.24, 2.45) is 5.92 Å². The van der Waals surface area contributed by atoms with E-state index in [9.17, 15) is 9.59 Å². The van der Waals surface area contributed by atoms with Crippen LogP contribution in [0.3, 0.4) is 0 Å². The quantitative estimate of drug-likeness (QED) is 0.831. The molecular formula is C12H15N3O3. The van der Waals surface area contributed by atoms with E-state index in [1.165, 1.54) is 6.20 Å². The minimum Gasteiger partial charge on any atom is -0.481 e. The second kappa shape index (κ2) is 4.72. The van der Waals surface area contributed by atoms with Crippen molar-refractivity contribution in [2.75, 3.05) is 13.1 Å². The van der Waals surface area contributed by atoms with E-state index in [1.54, 1.807) is 18.7 Å². The van der Waals surface area contributed by atoms with Crippen LogP contribution >= 0.6 is 0 Å². The summed E-state index contributed by atoms with van der Waals surface area (Å²) in [7, 11) is 0. The number of aromatic nitrogens is 2. The Kier molecular flexibility index (Phi) is 3.27. The molecule has 0 radical (unpaired) electrons. The topological polar surface area (TPSA) is 83.4 Å².